The minimum Gasteiger partial charge on any atom is -0.379 e. The number of halogens is 2. The predicted molar refractivity (Wildman–Crippen MR) is 121 cm³/mol. The van der Waals surface area contributed by atoms with Gasteiger partial charge in [-0.15, -0.1) is 0 Å². The van der Waals surface area contributed by atoms with E-state index in [1.165, 1.54) is 12.1 Å². The number of nitrogens with zero attached hydrogens (tertiary/aromatic N) is 3. The molecule has 30 heavy (non-hydrogen) atoms. The first-order valence-electron chi connectivity index (χ1n) is 9.67. The van der Waals surface area contributed by atoms with Gasteiger partial charge in [-0.3, -0.25) is 0 Å². The topological polar surface area (TPSA) is 33.1 Å². The molecule has 4 nitrogen and oxygen atoms in total. The quantitative estimate of drug-likeness (QED) is 0.403. The highest BCUT2D eigenvalue weighted by atomic mass is 35.5. The molecule has 0 radical (unpaired) electrons. The second-order valence-electron chi connectivity index (χ2n) is 7.05. The molecule has 1 N–H and O–H groups in total. The van der Waals surface area contributed by atoms with Crippen molar-refractivity contribution in [2.24, 2.45) is 0 Å². The van der Waals surface area contributed by atoms with E-state index >= 15 is 0 Å². The Morgan fingerprint density at radius 1 is 0.967 bits per heavy atom. The van der Waals surface area contributed by atoms with Crippen molar-refractivity contribution in [1.82, 2.24) is 9.55 Å². The Morgan fingerprint density at radius 2 is 1.67 bits per heavy atom. The van der Waals surface area contributed by atoms with Gasteiger partial charge in [-0.2, -0.15) is 0 Å². The van der Waals surface area contributed by atoms with E-state index in [-0.39, 0.29) is 5.82 Å². The van der Waals surface area contributed by atoms with E-state index < -0.39 is 0 Å². The van der Waals surface area contributed by atoms with Crippen molar-refractivity contribution in [3.8, 4) is 5.69 Å². The molecule has 0 aliphatic rings. The summed E-state index contributed by atoms with van der Waals surface area (Å²) in [4.78, 5) is 6.90. The number of benzene rings is 3. The van der Waals surface area contributed by atoms with E-state index in [1.54, 1.807) is 12.1 Å². The van der Waals surface area contributed by atoms with Gasteiger partial charge in [0.2, 0.25) is 0 Å². The highest BCUT2D eigenvalue weighted by molar-refractivity contribution is 6.30. The second kappa shape index (κ2) is 9.01. The van der Waals surface area contributed by atoms with Gasteiger partial charge in [-0.1, -0.05) is 29.8 Å². The summed E-state index contributed by atoms with van der Waals surface area (Å²) < 4.78 is 15.3. The first-order chi connectivity index (χ1) is 14.6. The van der Waals surface area contributed by atoms with Gasteiger partial charge in [0.15, 0.2) is 0 Å². The molecule has 0 atom stereocenters. The van der Waals surface area contributed by atoms with E-state index in [9.17, 15) is 4.39 Å². The number of imidazole rings is 1. The largest absolute Gasteiger partial charge is 0.379 e. The molecule has 0 bridgehead atoms. The lowest BCUT2D eigenvalue weighted by Gasteiger charge is -2.19. The van der Waals surface area contributed by atoms with Crippen molar-refractivity contribution < 1.29 is 4.39 Å². The van der Waals surface area contributed by atoms with Crippen LogP contribution in [0, 0.1) is 5.82 Å². The van der Waals surface area contributed by atoms with E-state index in [4.69, 9.17) is 16.6 Å². The van der Waals surface area contributed by atoms with Gasteiger partial charge in [0.05, 0.1) is 18.8 Å². The molecule has 0 saturated heterocycles. The van der Waals surface area contributed by atoms with Crippen LogP contribution in [0.25, 0.3) is 5.69 Å². The first-order valence-corrected chi connectivity index (χ1v) is 10.0. The Labute approximate surface area is 180 Å². The summed E-state index contributed by atoms with van der Waals surface area (Å²) in [6.45, 7) is 1.18. The monoisotopic (exact) mass is 420 g/mol. The highest BCUT2D eigenvalue weighted by Crippen LogP contribution is 2.21. The summed E-state index contributed by atoms with van der Waals surface area (Å²) in [7, 11) is 1.97. The Balaban J connectivity index is 1.60. The highest BCUT2D eigenvalue weighted by Gasteiger charge is 2.13. The number of anilines is 2. The number of para-hydroxylation sites is 1. The predicted octanol–water partition coefficient (Wildman–Crippen LogP) is 5.91. The van der Waals surface area contributed by atoms with E-state index in [0.29, 0.717) is 18.1 Å². The molecule has 1 heterocycles. The van der Waals surface area contributed by atoms with Crippen molar-refractivity contribution in [2.45, 2.75) is 13.1 Å². The maximum Gasteiger partial charge on any atom is 0.133 e. The third-order valence-electron chi connectivity index (χ3n) is 4.83. The third-order valence-corrected chi connectivity index (χ3v) is 5.08. The van der Waals surface area contributed by atoms with Crippen LogP contribution < -0.4 is 10.2 Å². The fourth-order valence-corrected chi connectivity index (χ4v) is 3.37. The lowest BCUT2D eigenvalue weighted by molar-refractivity contribution is 0.627. The Kier molecular flexibility index (Phi) is 6.00. The molecule has 0 saturated carbocycles. The van der Waals surface area contributed by atoms with Gasteiger partial charge in [0.1, 0.15) is 11.6 Å². The van der Waals surface area contributed by atoms with Gasteiger partial charge in [-0.25, -0.2) is 9.37 Å². The SMILES string of the molecule is CN(Cc1nc(CNc2ccccc2)cn1-c1ccc(Cl)cc1)c1ccc(F)cc1. The minimum atomic E-state index is -0.246. The fraction of sp³-hybridized carbons (Fsp3) is 0.125. The summed E-state index contributed by atoms with van der Waals surface area (Å²) in [5, 5.41) is 4.09. The standard InChI is InChI=1S/C24H22ClFN4/c1-29(22-13-9-19(26)10-14-22)17-24-28-21(15-27-20-5-3-2-4-6-20)16-30(24)23-11-7-18(25)8-12-23/h2-14,16,27H,15,17H2,1H3. The molecule has 0 spiro atoms. The van der Waals surface area contributed by atoms with Gasteiger partial charge < -0.3 is 14.8 Å². The van der Waals surface area contributed by atoms with Crippen LogP contribution >= 0.6 is 11.6 Å². The van der Waals surface area contributed by atoms with Crippen molar-refractivity contribution >= 4 is 23.0 Å². The Hall–Kier alpha value is -3.31. The molecule has 3 aromatic carbocycles. The van der Waals surface area contributed by atoms with Crippen LogP contribution in [0.15, 0.2) is 85.1 Å². The zero-order valence-electron chi connectivity index (χ0n) is 16.6. The number of rotatable bonds is 7. The van der Waals surface area contributed by atoms with Gasteiger partial charge in [0.25, 0.3) is 0 Å². The molecular formula is C24H22ClFN4. The van der Waals surface area contributed by atoms with E-state index in [0.717, 1.165) is 28.6 Å². The average molecular weight is 421 g/mol. The van der Waals surface area contributed by atoms with Crippen LogP contribution in [0.4, 0.5) is 15.8 Å². The molecule has 0 fully saturated rings. The zero-order valence-corrected chi connectivity index (χ0v) is 17.4. The van der Waals surface area contributed by atoms with Crippen molar-refractivity contribution in [3.63, 3.8) is 0 Å². The maximum atomic E-state index is 13.3. The molecule has 0 amide bonds. The average Bonchev–Trinajstić information content (AvgIpc) is 3.16. The van der Waals surface area contributed by atoms with Crippen LogP contribution in [0.5, 0.6) is 0 Å². The van der Waals surface area contributed by atoms with Crippen molar-refractivity contribution in [1.29, 1.82) is 0 Å². The lowest BCUT2D eigenvalue weighted by Crippen LogP contribution is -2.19. The molecule has 4 rings (SSSR count). The molecule has 0 aliphatic carbocycles. The summed E-state index contributed by atoms with van der Waals surface area (Å²) in [5.41, 5.74) is 3.88. The fourth-order valence-electron chi connectivity index (χ4n) is 3.24. The molecular weight excluding hydrogens is 399 g/mol. The number of aromatic nitrogens is 2. The van der Waals surface area contributed by atoms with Crippen LogP contribution in [-0.4, -0.2) is 16.6 Å². The maximum absolute atomic E-state index is 13.3. The third kappa shape index (κ3) is 4.81. The molecule has 0 aliphatic heterocycles. The lowest BCUT2D eigenvalue weighted by atomic mass is 10.3. The summed E-state index contributed by atoms with van der Waals surface area (Å²) >= 11 is 6.07. The Bertz CT molecular complexity index is 1090. The van der Waals surface area contributed by atoms with Crippen LogP contribution in [0.3, 0.4) is 0 Å². The number of hydrogen-bond donors (Lipinski definition) is 1. The molecule has 152 valence electrons. The second-order valence-corrected chi connectivity index (χ2v) is 7.48. The van der Waals surface area contributed by atoms with E-state index in [2.05, 4.69) is 9.88 Å². The van der Waals surface area contributed by atoms with Gasteiger partial charge in [-0.05, 0) is 60.7 Å². The van der Waals surface area contributed by atoms with Gasteiger partial charge in [0, 0.05) is 35.3 Å². The molecule has 1 aromatic heterocycles. The zero-order chi connectivity index (χ0) is 20.9. The van der Waals surface area contributed by atoms with Crippen molar-refractivity contribution in [2.75, 3.05) is 17.3 Å². The minimum absolute atomic E-state index is 0.246. The number of hydrogen-bond acceptors (Lipinski definition) is 3. The molecule has 0 unspecified atom stereocenters. The summed E-state index contributed by atoms with van der Waals surface area (Å²) in [6, 6.07) is 24.2. The molecule has 4 aromatic rings. The number of nitrogens with one attached hydrogen (secondary N) is 1. The van der Waals surface area contributed by atoms with Crippen LogP contribution in [0.2, 0.25) is 5.02 Å². The van der Waals surface area contributed by atoms with Gasteiger partial charge >= 0.3 is 0 Å². The Morgan fingerprint density at radius 3 is 2.37 bits per heavy atom. The normalized spacial score (nSPS) is 10.8. The summed E-state index contributed by atoms with van der Waals surface area (Å²) in [6.07, 6.45) is 2.03. The summed E-state index contributed by atoms with van der Waals surface area (Å²) in [5.74, 6) is 0.637. The smallest absolute Gasteiger partial charge is 0.133 e. The van der Waals surface area contributed by atoms with Crippen LogP contribution in [-0.2, 0) is 13.1 Å². The van der Waals surface area contributed by atoms with Crippen molar-refractivity contribution in [3.05, 3.63) is 107 Å². The molecule has 6 heteroatoms. The van der Waals surface area contributed by atoms with Crippen LogP contribution in [0.1, 0.15) is 11.5 Å². The first kappa shape index (κ1) is 20.0. The van der Waals surface area contributed by atoms with E-state index in [1.807, 2.05) is 72.7 Å².